The average molecular weight is 321 g/mol. The van der Waals surface area contributed by atoms with Crippen molar-refractivity contribution in [3.63, 3.8) is 0 Å². The summed E-state index contributed by atoms with van der Waals surface area (Å²) in [6, 6.07) is 3.85. The molecule has 0 fully saturated rings. The first-order valence-corrected chi connectivity index (χ1v) is 8.16. The van der Waals surface area contributed by atoms with Crippen molar-refractivity contribution in [2.75, 3.05) is 5.32 Å². The van der Waals surface area contributed by atoms with Crippen LogP contribution in [-0.4, -0.2) is 30.1 Å². The van der Waals surface area contributed by atoms with E-state index in [0.717, 1.165) is 48.0 Å². The summed E-state index contributed by atoms with van der Waals surface area (Å²) in [5, 5.41) is 10.6. The van der Waals surface area contributed by atoms with E-state index in [9.17, 15) is 0 Å². The summed E-state index contributed by atoms with van der Waals surface area (Å²) < 4.78 is 0. The third-order valence-corrected chi connectivity index (χ3v) is 4.21. The van der Waals surface area contributed by atoms with Gasteiger partial charge in [0.1, 0.15) is 11.6 Å². The van der Waals surface area contributed by atoms with Crippen LogP contribution in [0.4, 0.5) is 5.82 Å². The summed E-state index contributed by atoms with van der Waals surface area (Å²) in [6.07, 6.45) is 6.66. The fourth-order valence-electron chi connectivity index (χ4n) is 3.00. The third kappa shape index (κ3) is 2.73. The number of H-pyrrole nitrogens is 1. The van der Waals surface area contributed by atoms with Gasteiger partial charge in [-0.3, -0.25) is 10.1 Å². The lowest BCUT2D eigenvalue weighted by Gasteiger charge is -2.15. The minimum Gasteiger partial charge on any atom is -0.360 e. The molecule has 0 saturated carbocycles. The van der Waals surface area contributed by atoms with Gasteiger partial charge in [0.15, 0.2) is 11.6 Å². The van der Waals surface area contributed by atoms with Crippen molar-refractivity contribution in [3.05, 3.63) is 47.4 Å². The maximum atomic E-state index is 4.76. The van der Waals surface area contributed by atoms with E-state index in [1.54, 1.807) is 12.4 Å². The number of hydrogen-bond acceptors (Lipinski definition) is 6. The van der Waals surface area contributed by atoms with Crippen molar-refractivity contribution >= 4 is 5.82 Å². The number of aromatic nitrogens is 6. The van der Waals surface area contributed by atoms with Crippen LogP contribution < -0.4 is 5.32 Å². The number of fused-ring (bicyclic) bond motifs is 1. The summed E-state index contributed by atoms with van der Waals surface area (Å²) in [5.74, 6) is 3.14. The van der Waals surface area contributed by atoms with Crippen LogP contribution in [0.15, 0.2) is 24.5 Å². The van der Waals surface area contributed by atoms with E-state index < -0.39 is 0 Å². The van der Waals surface area contributed by atoms with Crippen LogP contribution in [0, 0.1) is 6.92 Å². The molecule has 0 amide bonds. The molecule has 1 unspecified atom stereocenters. The SMILES string of the molecule is Cc1nc(C(C)Nc2nc(-c3cccnc3)nc3c2CCC3)n[nH]1. The third-order valence-electron chi connectivity index (χ3n) is 4.21. The molecule has 0 aliphatic heterocycles. The highest BCUT2D eigenvalue weighted by atomic mass is 15.2. The van der Waals surface area contributed by atoms with Gasteiger partial charge in [0, 0.05) is 29.2 Å². The number of nitrogens with one attached hydrogen (secondary N) is 2. The topological polar surface area (TPSA) is 92.3 Å². The van der Waals surface area contributed by atoms with Crippen LogP contribution in [0.1, 0.15) is 42.3 Å². The van der Waals surface area contributed by atoms with Crippen LogP contribution in [0.5, 0.6) is 0 Å². The largest absolute Gasteiger partial charge is 0.360 e. The van der Waals surface area contributed by atoms with Crippen molar-refractivity contribution < 1.29 is 0 Å². The Morgan fingerprint density at radius 2 is 2.12 bits per heavy atom. The van der Waals surface area contributed by atoms with Gasteiger partial charge in [0.2, 0.25) is 0 Å². The normalized spacial score (nSPS) is 14.4. The highest BCUT2D eigenvalue weighted by Crippen LogP contribution is 2.30. The Hall–Kier alpha value is -2.83. The van der Waals surface area contributed by atoms with Crippen LogP contribution in [0.25, 0.3) is 11.4 Å². The Morgan fingerprint density at radius 3 is 2.88 bits per heavy atom. The van der Waals surface area contributed by atoms with Crippen molar-refractivity contribution in [1.82, 2.24) is 30.1 Å². The highest BCUT2D eigenvalue weighted by Gasteiger charge is 2.22. The number of nitrogens with zero attached hydrogens (tertiary/aromatic N) is 5. The van der Waals surface area contributed by atoms with Crippen LogP contribution >= 0.6 is 0 Å². The maximum absolute atomic E-state index is 4.76. The summed E-state index contributed by atoms with van der Waals surface area (Å²) in [5.41, 5.74) is 3.27. The lowest BCUT2D eigenvalue weighted by molar-refractivity contribution is 0.786. The fraction of sp³-hybridized carbons (Fsp3) is 0.353. The zero-order valence-electron chi connectivity index (χ0n) is 13.7. The van der Waals surface area contributed by atoms with E-state index in [1.807, 2.05) is 26.0 Å². The summed E-state index contributed by atoms with van der Waals surface area (Å²) in [6.45, 7) is 3.93. The molecular weight excluding hydrogens is 302 g/mol. The number of aromatic amines is 1. The fourth-order valence-corrected chi connectivity index (χ4v) is 3.00. The predicted octanol–water partition coefficient (Wildman–Crippen LogP) is 2.63. The minimum absolute atomic E-state index is 0.0312. The molecule has 0 aromatic carbocycles. The number of hydrogen-bond donors (Lipinski definition) is 2. The molecule has 0 radical (unpaired) electrons. The Balaban J connectivity index is 1.70. The van der Waals surface area contributed by atoms with E-state index >= 15 is 0 Å². The molecule has 0 bridgehead atoms. The number of pyridine rings is 1. The van der Waals surface area contributed by atoms with E-state index in [0.29, 0.717) is 5.82 Å². The molecule has 2 N–H and O–H groups in total. The van der Waals surface area contributed by atoms with Gasteiger partial charge in [0.05, 0.1) is 6.04 Å². The van der Waals surface area contributed by atoms with Gasteiger partial charge in [-0.1, -0.05) is 0 Å². The zero-order chi connectivity index (χ0) is 16.5. The highest BCUT2D eigenvalue weighted by molar-refractivity contribution is 5.60. The van der Waals surface area contributed by atoms with Crippen molar-refractivity contribution in [2.24, 2.45) is 0 Å². The standard InChI is InChI=1S/C17H19N7/c1-10(15-20-11(2)23-24-15)19-17-13-6-3-7-14(13)21-16(22-17)12-5-4-8-18-9-12/h4-5,8-10H,3,6-7H2,1-2H3,(H,19,21,22)(H,20,23,24). The average Bonchev–Trinajstić information content (AvgIpc) is 3.24. The molecule has 122 valence electrons. The van der Waals surface area contributed by atoms with Crippen LogP contribution in [-0.2, 0) is 12.8 Å². The summed E-state index contributed by atoms with van der Waals surface area (Å²) in [4.78, 5) is 18.1. The second-order valence-corrected chi connectivity index (χ2v) is 6.06. The molecule has 3 aromatic rings. The Bertz CT molecular complexity index is 857. The molecule has 4 rings (SSSR count). The van der Waals surface area contributed by atoms with Gasteiger partial charge in [-0.15, -0.1) is 0 Å². The van der Waals surface area contributed by atoms with Crippen molar-refractivity contribution in [2.45, 2.75) is 39.2 Å². The summed E-state index contributed by atoms with van der Waals surface area (Å²) >= 11 is 0. The minimum atomic E-state index is -0.0312. The predicted molar refractivity (Wildman–Crippen MR) is 90.4 cm³/mol. The lowest BCUT2D eigenvalue weighted by atomic mass is 10.2. The Kier molecular flexibility index (Phi) is 3.68. The first kappa shape index (κ1) is 14.7. The van der Waals surface area contributed by atoms with Gasteiger partial charge >= 0.3 is 0 Å². The number of aryl methyl sites for hydroxylation is 2. The molecule has 24 heavy (non-hydrogen) atoms. The van der Waals surface area contributed by atoms with Gasteiger partial charge in [-0.2, -0.15) is 5.10 Å². The zero-order valence-corrected chi connectivity index (χ0v) is 13.7. The quantitative estimate of drug-likeness (QED) is 0.767. The second kappa shape index (κ2) is 5.99. The van der Waals surface area contributed by atoms with Crippen molar-refractivity contribution in [1.29, 1.82) is 0 Å². The van der Waals surface area contributed by atoms with Crippen molar-refractivity contribution in [3.8, 4) is 11.4 Å². The van der Waals surface area contributed by atoms with E-state index in [1.165, 1.54) is 5.56 Å². The first-order chi connectivity index (χ1) is 11.7. The molecule has 3 heterocycles. The molecule has 0 spiro atoms. The summed E-state index contributed by atoms with van der Waals surface area (Å²) in [7, 11) is 0. The molecule has 0 saturated heterocycles. The first-order valence-electron chi connectivity index (χ1n) is 8.16. The van der Waals surface area contributed by atoms with Gasteiger partial charge in [0.25, 0.3) is 0 Å². The Morgan fingerprint density at radius 1 is 1.21 bits per heavy atom. The number of rotatable bonds is 4. The van der Waals surface area contributed by atoms with Crippen LogP contribution in [0.2, 0.25) is 0 Å². The molecular formula is C17H19N7. The Labute approximate surface area is 140 Å². The molecule has 1 atom stereocenters. The molecule has 1 aliphatic carbocycles. The molecule has 7 nitrogen and oxygen atoms in total. The second-order valence-electron chi connectivity index (χ2n) is 6.06. The molecule has 3 aromatic heterocycles. The number of anilines is 1. The van der Waals surface area contributed by atoms with Gasteiger partial charge in [-0.05, 0) is 45.2 Å². The lowest BCUT2D eigenvalue weighted by Crippen LogP contribution is -2.13. The van der Waals surface area contributed by atoms with Gasteiger partial charge < -0.3 is 5.32 Å². The van der Waals surface area contributed by atoms with Gasteiger partial charge in [-0.25, -0.2) is 15.0 Å². The monoisotopic (exact) mass is 321 g/mol. The van der Waals surface area contributed by atoms with Crippen LogP contribution in [0.3, 0.4) is 0 Å². The van der Waals surface area contributed by atoms with E-state index in [4.69, 9.17) is 9.97 Å². The molecule has 7 heteroatoms. The smallest absolute Gasteiger partial charge is 0.172 e. The van der Waals surface area contributed by atoms with E-state index in [-0.39, 0.29) is 6.04 Å². The molecule has 1 aliphatic rings. The maximum Gasteiger partial charge on any atom is 0.172 e. The van der Waals surface area contributed by atoms with E-state index in [2.05, 4.69) is 25.5 Å².